The van der Waals surface area contributed by atoms with Crippen molar-refractivity contribution in [1.82, 2.24) is 20.5 Å². The van der Waals surface area contributed by atoms with Crippen LogP contribution in [0, 0.1) is 0 Å². The van der Waals surface area contributed by atoms with Crippen LogP contribution in [0.1, 0.15) is 11.8 Å². The molecule has 0 bridgehead atoms. The quantitative estimate of drug-likeness (QED) is 0.688. The molecule has 1 aromatic carbocycles. The van der Waals surface area contributed by atoms with Gasteiger partial charge < -0.3 is 15.0 Å². The Morgan fingerprint density at radius 1 is 1.19 bits per heavy atom. The van der Waals surface area contributed by atoms with Crippen LogP contribution in [0.5, 0.6) is 5.75 Å². The van der Waals surface area contributed by atoms with Crippen molar-refractivity contribution in [2.75, 3.05) is 26.2 Å². The van der Waals surface area contributed by atoms with Crippen LogP contribution in [0.4, 0.5) is 4.79 Å². The highest BCUT2D eigenvalue weighted by Crippen LogP contribution is 2.27. The van der Waals surface area contributed by atoms with Crippen molar-refractivity contribution < 1.29 is 9.53 Å². The molecule has 0 aliphatic carbocycles. The van der Waals surface area contributed by atoms with E-state index in [9.17, 15) is 4.79 Å². The minimum atomic E-state index is -0.707. The van der Waals surface area contributed by atoms with Gasteiger partial charge in [-0.15, -0.1) is 24.8 Å². The van der Waals surface area contributed by atoms with Crippen LogP contribution in [0.3, 0.4) is 0 Å². The lowest BCUT2D eigenvalue weighted by atomic mass is 10.2. The summed E-state index contributed by atoms with van der Waals surface area (Å²) in [6.45, 7) is 2.84. The number of carbonyl (C=O) groups is 1. The predicted octanol–water partition coefficient (Wildman–Crippen LogP) is 3.92. The van der Waals surface area contributed by atoms with E-state index in [0.29, 0.717) is 34.4 Å². The van der Waals surface area contributed by atoms with Gasteiger partial charge in [-0.05, 0) is 24.3 Å². The fourth-order valence-corrected chi connectivity index (χ4v) is 2.79. The Balaban J connectivity index is 0.00000182. The van der Waals surface area contributed by atoms with Crippen molar-refractivity contribution in [2.45, 2.75) is 6.23 Å². The van der Waals surface area contributed by atoms with Crippen LogP contribution in [0.15, 0.2) is 42.7 Å². The second-order valence-electron chi connectivity index (χ2n) is 5.55. The fraction of sp³-hybridized carbons (Fsp3) is 0.294. The van der Waals surface area contributed by atoms with Gasteiger partial charge in [-0.3, -0.25) is 10.3 Å². The first kappa shape index (κ1) is 23.6. The number of ether oxygens (including phenoxy) is 1. The number of hydrogen-bond acceptors (Lipinski definition) is 4. The Bertz CT molecular complexity index is 730. The highest BCUT2D eigenvalue weighted by molar-refractivity contribution is 6.42. The molecule has 1 unspecified atom stereocenters. The summed E-state index contributed by atoms with van der Waals surface area (Å²) < 4.78 is 5.92. The summed E-state index contributed by atoms with van der Waals surface area (Å²) >= 11 is 12.1. The Morgan fingerprint density at radius 3 is 2.56 bits per heavy atom. The van der Waals surface area contributed by atoms with E-state index in [2.05, 4.69) is 15.6 Å². The van der Waals surface area contributed by atoms with E-state index in [0.717, 1.165) is 13.1 Å². The van der Waals surface area contributed by atoms with Gasteiger partial charge in [0, 0.05) is 37.9 Å². The minimum Gasteiger partial charge on any atom is -0.465 e. The molecule has 148 valence electrons. The monoisotopic (exact) mass is 452 g/mol. The van der Waals surface area contributed by atoms with E-state index in [-0.39, 0.29) is 30.8 Å². The number of rotatable bonds is 4. The SMILES string of the molecule is Cl.Cl.O=C(NC(Oc1cccnc1)c1ccc(Cl)c(Cl)c1)N1CCNCC1. The fourth-order valence-electron chi connectivity index (χ4n) is 2.48. The molecule has 2 aromatic rings. The van der Waals surface area contributed by atoms with E-state index >= 15 is 0 Å². The maximum absolute atomic E-state index is 12.6. The smallest absolute Gasteiger partial charge is 0.320 e. The summed E-state index contributed by atoms with van der Waals surface area (Å²) in [5, 5.41) is 6.96. The summed E-state index contributed by atoms with van der Waals surface area (Å²) in [5.74, 6) is 0.541. The molecule has 2 heterocycles. The molecule has 2 N–H and O–H groups in total. The zero-order chi connectivity index (χ0) is 17.6. The number of nitrogens with zero attached hydrogens (tertiary/aromatic N) is 2. The van der Waals surface area contributed by atoms with Crippen molar-refractivity contribution in [3.63, 3.8) is 0 Å². The summed E-state index contributed by atoms with van der Waals surface area (Å²) in [4.78, 5) is 18.3. The van der Waals surface area contributed by atoms with Gasteiger partial charge in [-0.25, -0.2) is 4.79 Å². The maximum Gasteiger partial charge on any atom is 0.320 e. The number of benzene rings is 1. The number of halogens is 4. The molecule has 0 saturated carbocycles. The summed E-state index contributed by atoms with van der Waals surface area (Å²) in [6, 6.07) is 8.47. The molecule has 3 rings (SSSR count). The molecular formula is C17H20Cl4N4O2. The average Bonchev–Trinajstić information content (AvgIpc) is 2.65. The standard InChI is InChI=1S/C17H18Cl2N4O2.2ClH/c18-14-4-3-12(10-15(14)19)16(25-13-2-1-5-21-11-13)22-17(24)23-8-6-20-7-9-23;;/h1-5,10-11,16,20H,6-9H2,(H,22,24);2*1H. The molecule has 2 amide bonds. The second kappa shape index (κ2) is 11.4. The molecule has 10 heteroatoms. The van der Waals surface area contributed by atoms with Gasteiger partial charge in [-0.2, -0.15) is 0 Å². The molecule has 0 spiro atoms. The number of urea groups is 1. The van der Waals surface area contributed by atoms with Crippen molar-refractivity contribution in [1.29, 1.82) is 0 Å². The van der Waals surface area contributed by atoms with Crippen LogP contribution >= 0.6 is 48.0 Å². The second-order valence-corrected chi connectivity index (χ2v) is 6.36. The van der Waals surface area contributed by atoms with Gasteiger partial charge >= 0.3 is 6.03 Å². The van der Waals surface area contributed by atoms with Crippen molar-refractivity contribution in [2.24, 2.45) is 0 Å². The minimum absolute atomic E-state index is 0. The predicted molar refractivity (Wildman–Crippen MR) is 112 cm³/mol. The van der Waals surface area contributed by atoms with Gasteiger partial charge in [0.05, 0.1) is 16.2 Å². The topological polar surface area (TPSA) is 66.5 Å². The van der Waals surface area contributed by atoms with E-state index in [1.54, 1.807) is 47.6 Å². The Kier molecular flexibility index (Phi) is 9.98. The van der Waals surface area contributed by atoms with E-state index < -0.39 is 6.23 Å². The van der Waals surface area contributed by atoms with Gasteiger partial charge in [0.1, 0.15) is 5.75 Å². The van der Waals surface area contributed by atoms with E-state index in [1.165, 1.54) is 0 Å². The number of pyridine rings is 1. The van der Waals surface area contributed by atoms with Gasteiger partial charge in [0.15, 0.2) is 6.23 Å². The third-order valence-corrected chi connectivity index (χ3v) is 4.53. The lowest BCUT2D eigenvalue weighted by Gasteiger charge is -2.30. The molecule has 1 aromatic heterocycles. The number of carbonyl (C=O) groups excluding carboxylic acids is 1. The molecule has 27 heavy (non-hydrogen) atoms. The largest absolute Gasteiger partial charge is 0.465 e. The Hall–Kier alpha value is -1.44. The molecule has 1 aliphatic rings. The van der Waals surface area contributed by atoms with Crippen LogP contribution in [0.2, 0.25) is 10.0 Å². The molecular weight excluding hydrogens is 434 g/mol. The average molecular weight is 454 g/mol. The van der Waals surface area contributed by atoms with Crippen molar-refractivity contribution >= 4 is 54.0 Å². The zero-order valence-electron chi connectivity index (χ0n) is 14.2. The first-order chi connectivity index (χ1) is 12.1. The molecule has 6 nitrogen and oxygen atoms in total. The number of hydrogen-bond donors (Lipinski definition) is 2. The van der Waals surface area contributed by atoms with Gasteiger partial charge in [0.25, 0.3) is 0 Å². The normalized spacial score (nSPS) is 14.4. The van der Waals surface area contributed by atoms with E-state index in [4.69, 9.17) is 27.9 Å². The lowest BCUT2D eigenvalue weighted by Crippen LogP contribution is -2.51. The molecule has 1 fully saturated rings. The highest BCUT2D eigenvalue weighted by atomic mass is 35.5. The summed E-state index contributed by atoms with van der Waals surface area (Å²) in [5.41, 5.74) is 0.696. The number of piperazine rings is 1. The highest BCUT2D eigenvalue weighted by Gasteiger charge is 2.22. The van der Waals surface area contributed by atoms with Gasteiger partial charge in [0.2, 0.25) is 0 Å². The third kappa shape index (κ3) is 6.59. The first-order valence-electron chi connectivity index (χ1n) is 7.91. The molecule has 1 aliphatic heterocycles. The Morgan fingerprint density at radius 2 is 1.93 bits per heavy atom. The Labute approximate surface area is 180 Å². The molecule has 1 saturated heterocycles. The van der Waals surface area contributed by atoms with E-state index in [1.807, 2.05) is 0 Å². The third-order valence-electron chi connectivity index (χ3n) is 3.79. The van der Waals surface area contributed by atoms with Crippen LogP contribution in [-0.2, 0) is 0 Å². The summed E-state index contributed by atoms with van der Waals surface area (Å²) in [7, 11) is 0. The zero-order valence-corrected chi connectivity index (χ0v) is 17.4. The van der Waals surface area contributed by atoms with Crippen molar-refractivity contribution in [3.8, 4) is 5.75 Å². The van der Waals surface area contributed by atoms with Gasteiger partial charge in [-0.1, -0.05) is 29.3 Å². The number of aromatic nitrogens is 1. The molecule has 0 radical (unpaired) electrons. The summed E-state index contributed by atoms with van der Waals surface area (Å²) in [6.07, 6.45) is 2.53. The van der Waals surface area contributed by atoms with Crippen LogP contribution in [-0.4, -0.2) is 42.1 Å². The van der Waals surface area contributed by atoms with Crippen LogP contribution < -0.4 is 15.4 Å². The maximum atomic E-state index is 12.6. The van der Waals surface area contributed by atoms with Crippen LogP contribution in [0.25, 0.3) is 0 Å². The first-order valence-corrected chi connectivity index (χ1v) is 8.67. The molecule has 1 atom stereocenters. The lowest BCUT2D eigenvalue weighted by molar-refractivity contribution is 0.140. The number of amides is 2. The van der Waals surface area contributed by atoms with Crippen molar-refractivity contribution in [3.05, 3.63) is 58.3 Å². The number of nitrogens with one attached hydrogen (secondary N) is 2.